The van der Waals surface area contributed by atoms with Gasteiger partial charge in [-0.1, -0.05) is 6.07 Å². The molecule has 3 rings (SSSR count). The number of aromatic nitrogens is 2. The number of methoxy groups -OCH3 is 1. The molecule has 0 saturated carbocycles. The van der Waals surface area contributed by atoms with Gasteiger partial charge < -0.3 is 24.7 Å². The lowest BCUT2D eigenvalue weighted by molar-refractivity contribution is -0.126. The minimum absolute atomic E-state index is 0.00561. The number of aromatic amines is 1. The number of likely N-dealkylation sites (tertiary alicyclic amines) is 1. The summed E-state index contributed by atoms with van der Waals surface area (Å²) in [5, 5.41) is 2.95. The molecule has 0 aromatic carbocycles. The van der Waals surface area contributed by atoms with Gasteiger partial charge >= 0.3 is 5.97 Å². The van der Waals surface area contributed by atoms with Crippen LogP contribution in [0.1, 0.15) is 50.5 Å². The largest absolute Gasteiger partial charge is 0.460 e. The van der Waals surface area contributed by atoms with E-state index in [9.17, 15) is 14.4 Å². The third kappa shape index (κ3) is 5.53. The summed E-state index contributed by atoms with van der Waals surface area (Å²) in [6.07, 6.45) is 4.60. The first-order chi connectivity index (χ1) is 15.4. The van der Waals surface area contributed by atoms with E-state index in [1.807, 2.05) is 12.1 Å². The zero-order valence-corrected chi connectivity index (χ0v) is 18.8. The van der Waals surface area contributed by atoms with Crippen LogP contribution in [0.2, 0.25) is 0 Å². The van der Waals surface area contributed by atoms with Gasteiger partial charge in [0.05, 0.1) is 12.2 Å². The molecule has 9 heteroatoms. The zero-order valence-electron chi connectivity index (χ0n) is 18.8. The van der Waals surface area contributed by atoms with Gasteiger partial charge in [0.1, 0.15) is 12.3 Å². The summed E-state index contributed by atoms with van der Waals surface area (Å²) in [7, 11) is 1.53. The molecule has 1 aliphatic heterocycles. The number of nitrogens with zero attached hydrogens (tertiary/aromatic N) is 2. The maximum atomic E-state index is 13.1. The van der Waals surface area contributed by atoms with Gasteiger partial charge in [-0.25, -0.2) is 4.79 Å². The molecule has 2 aromatic heterocycles. The second kappa shape index (κ2) is 10.9. The molecule has 32 heavy (non-hydrogen) atoms. The molecular formula is C23H30N4O5. The van der Waals surface area contributed by atoms with Crippen molar-refractivity contribution in [1.29, 1.82) is 0 Å². The molecule has 172 valence electrons. The third-order valence-electron chi connectivity index (χ3n) is 5.72. The highest BCUT2D eigenvalue weighted by atomic mass is 16.6. The quantitative estimate of drug-likeness (QED) is 0.478. The van der Waals surface area contributed by atoms with Crippen LogP contribution in [0.4, 0.5) is 0 Å². The molecule has 0 unspecified atom stereocenters. The van der Waals surface area contributed by atoms with Crippen LogP contribution >= 0.6 is 0 Å². The predicted octanol–water partition coefficient (Wildman–Crippen LogP) is 2.00. The second-order valence-corrected chi connectivity index (χ2v) is 7.90. The van der Waals surface area contributed by atoms with E-state index in [0.29, 0.717) is 61.6 Å². The summed E-state index contributed by atoms with van der Waals surface area (Å²) in [6, 6.07) is 3.75. The second-order valence-electron chi connectivity index (χ2n) is 7.90. The SMILES string of the molecule is COCCOC(=O)c1c(C)[nH]c(C(=O)N2CCC(C(=O)NCc3cccnc3)CC2)c1C. The maximum absolute atomic E-state index is 13.1. The smallest absolute Gasteiger partial charge is 0.340 e. The summed E-state index contributed by atoms with van der Waals surface area (Å²) in [5.74, 6) is -0.783. The maximum Gasteiger partial charge on any atom is 0.340 e. The number of nitrogens with one attached hydrogen (secondary N) is 2. The van der Waals surface area contributed by atoms with E-state index in [1.165, 1.54) is 7.11 Å². The standard InChI is InChI=1S/C23H30N4O5/c1-15-19(23(30)32-12-11-31-3)16(2)26-20(15)22(29)27-9-6-18(7-10-27)21(28)25-14-17-5-4-8-24-13-17/h4-5,8,13,18,26H,6-7,9-12,14H2,1-3H3,(H,25,28). The fourth-order valence-corrected chi connectivity index (χ4v) is 3.90. The van der Waals surface area contributed by atoms with Crippen molar-refractivity contribution in [2.45, 2.75) is 33.2 Å². The number of carbonyl (C=O) groups is 3. The summed E-state index contributed by atoms with van der Waals surface area (Å²) in [6.45, 7) is 5.35. The molecule has 2 amide bonds. The molecule has 0 atom stereocenters. The number of carbonyl (C=O) groups excluding carboxylic acids is 3. The number of rotatable bonds is 8. The first kappa shape index (κ1) is 23.5. The Morgan fingerprint density at radius 1 is 1.22 bits per heavy atom. The third-order valence-corrected chi connectivity index (χ3v) is 5.72. The summed E-state index contributed by atoms with van der Waals surface area (Å²) >= 11 is 0. The lowest BCUT2D eigenvalue weighted by atomic mass is 9.95. The number of piperidine rings is 1. The van der Waals surface area contributed by atoms with E-state index in [-0.39, 0.29) is 24.3 Å². The van der Waals surface area contributed by atoms with Crippen LogP contribution in [0.3, 0.4) is 0 Å². The van der Waals surface area contributed by atoms with Gasteiger partial charge in [-0.2, -0.15) is 0 Å². The number of pyridine rings is 1. The van der Waals surface area contributed by atoms with Crippen LogP contribution < -0.4 is 5.32 Å². The van der Waals surface area contributed by atoms with E-state index in [1.54, 1.807) is 31.1 Å². The van der Waals surface area contributed by atoms with Crippen molar-refractivity contribution in [1.82, 2.24) is 20.2 Å². The summed E-state index contributed by atoms with van der Waals surface area (Å²) in [4.78, 5) is 46.8. The minimum Gasteiger partial charge on any atom is -0.460 e. The summed E-state index contributed by atoms with van der Waals surface area (Å²) in [5.41, 5.74) is 2.89. The van der Waals surface area contributed by atoms with Gasteiger partial charge in [0, 0.05) is 50.7 Å². The van der Waals surface area contributed by atoms with Crippen molar-refractivity contribution in [2.75, 3.05) is 33.4 Å². The first-order valence-electron chi connectivity index (χ1n) is 10.7. The highest BCUT2D eigenvalue weighted by Crippen LogP contribution is 2.24. The Morgan fingerprint density at radius 3 is 2.62 bits per heavy atom. The fraction of sp³-hybridized carbons (Fsp3) is 0.478. The Bertz CT molecular complexity index is 949. The van der Waals surface area contributed by atoms with Crippen molar-refractivity contribution < 1.29 is 23.9 Å². The molecule has 1 fully saturated rings. The molecule has 3 heterocycles. The van der Waals surface area contributed by atoms with E-state index in [2.05, 4.69) is 15.3 Å². The molecule has 0 radical (unpaired) electrons. The monoisotopic (exact) mass is 442 g/mol. The lowest BCUT2D eigenvalue weighted by Gasteiger charge is -2.31. The van der Waals surface area contributed by atoms with Gasteiger partial charge in [0.2, 0.25) is 5.91 Å². The van der Waals surface area contributed by atoms with E-state index in [0.717, 1.165) is 5.56 Å². The van der Waals surface area contributed by atoms with Gasteiger partial charge in [-0.05, 0) is 43.9 Å². The minimum atomic E-state index is -0.476. The van der Waals surface area contributed by atoms with Crippen molar-refractivity contribution in [2.24, 2.45) is 5.92 Å². The molecule has 1 aliphatic rings. The first-order valence-corrected chi connectivity index (χ1v) is 10.7. The Hall–Kier alpha value is -3.20. The highest BCUT2D eigenvalue weighted by Gasteiger charge is 2.30. The van der Waals surface area contributed by atoms with Crippen molar-refractivity contribution in [3.8, 4) is 0 Å². The zero-order chi connectivity index (χ0) is 23.1. The van der Waals surface area contributed by atoms with Gasteiger partial charge in [-0.3, -0.25) is 14.6 Å². The Balaban J connectivity index is 1.55. The molecule has 2 N–H and O–H groups in total. The van der Waals surface area contributed by atoms with Gasteiger partial charge in [0.25, 0.3) is 5.91 Å². The number of H-pyrrole nitrogens is 1. The number of hydrogen-bond donors (Lipinski definition) is 2. The molecule has 0 bridgehead atoms. The van der Waals surface area contributed by atoms with E-state index >= 15 is 0 Å². The molecule has 2 aromatic rings. The highest BCUT2D eigenvalue weighted by molar-refractivity contribution is 6.00. The molecule has 0 spiro atoms. The van der Waals surface area contributed by atoms with Crippen molar-refractivity contribution >= 4 is 17.8 Å². The number of aryl methyl sites for hydroxylation is 1. The fourth-order valence-electron chi connectivity index (χ4n) is 3.90. The molecule has 0 aliphatic carbocycles. The number of ether oxygens (including phenoxy) is 2. The Labute approximate surface area is 187 Å². The van der Waals surface area contributed by atoms with Crippen molar-refractivity contribution in [3.05, 3.63) is 52.6 Å². The van der Waals surface area contributed by atoms with Crippen LogP contribution in [0.5, 0.6) is 0 Å². The average molecular weight is 443 g/mol. The molecule has 1 saturated heterocycles. The van der Waals surface area contributed by atoms with Gasteiger partial charge in [0.15, 0.2) is 0 Å². The molecule has 9 nitrogen and oxygen atoms in total. The van der Waals surface area contributed by atoms with Crippen LogP contribution in [-0.4, -0.2) is 66.1 Å². The van der Waals surface area contributed by atoms with Crippen LogP contribution in [0.25, 0.3) is 0 Å². The van der Waals surface area contributed by atoms with E-state index in [4.69, 9.17) is 9.47 Å². The van der Waals surface area contributed by atoms with Gasteiger partial charge in [-0.15, -0.1) is 0 Å². The van der Waals surface area contributed by atoms with Crippen LogP contribution in [0, 0.1) is 19.8 Å². The summed E-state index contributed by atoms with van der Waals surface area (Å²) < 4.78 is 10.1. The number of hydrogen-bond acceptors (Lipinski definition) is 6. The number of esters is 1. The average Bonchev–Trinajstić information content (AvgIpc) is 3.11. The predicted molar refractivity (Wildman–Crippen MR) is 117 cm³/mol. The topological polar surface area (TPSA) is 114 Å². The van der Waals surface area contributed by atoms with Crippen LogP contribution in [-0.2, 0) is 20.8 Å². The Morgan fingerprint density at radius 2 is 1.97 bits per heavy atom. The van der Waals surface area contributed by atoms with E-state index < -0.39 is 5.97 Å². The Kier molecular flexibility index (Phi) is 7.99. The molecular weight excluding hydrogens is 412 g/mol. The van der Waals surface area contributed by atoms with Crippen LogP contribution in [0.15, 0.2) is 24.5 Å². The van der Waals surface area contributed by atoms with Crippen molar-refractivity contribution in [3.63, 3.8) is 0 Å². The lowest BCUT2D eigenvalue weighted by Crippen LogP contribution is -2.43. The normalized spacial score (nSPS) is 14.3. The number of amides is 2.